The van der Waals surface area contributed by atoms with Crippen LogP contribution in [0.2, 0.25) is 0 Å². The third kappa shape index (κ3) is 3.32. The summed E-state index contributed by atoms with van der Waals surface area (Å²) in [5, 5.41) is 0. The smallest absolute Gasteiger partial charge is 0.255 e. The molecule has 0 bridgehead atoms. The number of amides is 1. The van der Waals surface area contributed by atoms with Gasteiger partial charge in [0, 0.05) is 13.7 Å². The minimum absolute atomic E-state index is 0.163. The van der Waals surface area contributed by atoms with E-state index in [0.29, 0.717) is 5.92 Å². The highest BCUT2D eigenvalue weighted by molar-refractivity contribution is 5.82. The monoisotopic (exact) mass is 263 g/mol. The van der Waals surface area contributed by atoms with Gasteiger partial charge in [-0.1, -0.05) is 30.3 Å². The number of carbonyl (C=O) groups is 1. The number of nitrogens with one attached hydrogen (secondary N) is 1. The summed E-state index contributed by atoms with van der Waals surface area (Å²) in [6.07, 6.45) is 1.05. The molecular weight excluding hydrogens is 242 g/mol. The molecule has 1 heterocycles. The molecule has 19 heavy (non-hydrogen) atoms. The Morgan fingerprint density at radius 1 is 1.53 bits per heavy atom. The molecular formula is C14H21N3O2. The van der Waals surface area contributed by atoms with E-state index in [-0.39, 0.29) is 11.9 Å². The van der Waals surface area contributed by atoms with Crippen LogP contribution in [0.4, 0.5) is 0 Å². The average molecular weight is 263 g/mol. The first kappa shape index (κ1) is 14.0. The van der Waals surface area contributed by atoms with E-state index in [1.165, 1.54) is 0 Å². The van der Waals surface area contributed by atoms with Crippen molar-refractivity contribution in [2.75, 3.05) is 26.8 Å². The second kappa shape index (κ2) is 6.65. The van der Waals surface area contributed by atoms with Crippen molar-refractivity contribution >= 4 is 5.91 Å². The van der Waals surface area contributed by atoms with Crippen LogP contribution in [-0.4, -0.2) is 37.6 Å². The molecule has 2 atom stereocenters. The van der Waals surface area contributed by atoms with Gasteiger partial charge in [0.2, 0.25) is 0 Å². The maximum absolute atomic E-state index is 12.1. The van der Waals surface area contributed by atoms with Crippen LogP contribution in [0.25, 0.3) is 0 Å². The second-order valence-corrected chi connectivity index (χ2v) is 4.93. The van der Waals surface area contributed by atoms with Crippen molar-refractivity contribution in [3.8, 4) is 0 Å². The topological polar surface area (TPSA) is 67.6 Å². The van der Waals surface area contributed by atoms with Crippen LogP contribution in [0.5, 0.6) is 0 Å². The number of ether oxygens (including phenoxy) is 1. The standard InChI is InChI=1S/C14H21N3O2/c1-19-10-11-7-8-17(9-11)13(14(18)16-15)12-5-3-2-4-6-12/h2-6,11,13H,7-10,15H2,1H3,(H,16,18). The molecule has 1 saturated heterocycles. The van der Waals surface area contributed by atoms with Crippen molar-refractivity contribution in [3.63, 3.8) is 0 Å². The molecule has 5 heteroatoms. The number of hydrazine groups is 1. The molecule has 0 aromatic heterocycles. The normalized spacial score (nSPS) is 21.3. The maximum atomic E-state index is 12.1. The lowest BCUT2D eigenvalue weighted by Gasteiger charge is -2.26. The largest absolute Gasteiger partial charge is 0.384 e. The van der Waals surface area contributed by atoms with Gasteiger partial charge in [-0.25, -0.2) is 5.84 Å². The van der Waals surface area contributed by atoms with Crippen LogP contribution in [0, 0.1) is 5.92 Å². The van der Waals surface area contributed by atoms with Crippen LogP contribution >= 0.6 is 0 Å². The van der Waals surface area contributed by atoms with Gasteiger partial charge in [-0.15, -0.1) is 0 Å². The number of nitrogens with zero attached hydrogens (tertiary/aromatic N) is 1. The number of carbonyl (C=O) groups excluding carboxylic acids is 1. The van der Waals surface area contributed by atoms with Crippen LogP contribution in [0.3, 0.4) is 0 Å². The summed E-state index contributed by atoms with van der Waals surface area (Å²) in [6, 6.07) is 9.43. The quantitative estimate of drug-likeness (QED) is 0.466. The van der Waals surface area contributed by atoms with Gasteiger partial charge in [0.15, 0.2) is 0 Å². The van der Waals surface area contributed by atoms with Gasteiger partial charge in [-0.2, -0.15) is 0 Å². The minimum Gasteiger partial charge on any atom is -0.384 e. The SMILES string of the molecule is COCC1CCN(C(C(=O)NN)c2ccccc2)C1. The zero-order chi connectivity index (χ0) is 13.7. The average Bonchev–Trinajstić information content (AvgIpc) is 2.89. The first-order chi connectivity index (χ1) is 9.26. The molecule has 1 aromatic rings. The lowest BCUT2D eigenvalue weighted by atomic mass is 10.0. The van der Waals surface area contributed by atoms with Crippen molar-refractivity contribution in [3.05, 3.63) is 35.9 Å². The van der Waals surface area contributed by atoms with E-state index in [0.717, 1.165) is 31.7 Å². The fourth-order valence-electron chi connectivity index (χ4n) is 2.71. The summed E-state index contributed by atoms with van der Waals surface area (Å²) in [5.41, 5.74) is 3.25. The Morgan fingerprint density at radius 2 is 2.26 bits per heavy atom. The molecule has 3 N–H and O–H groups in total. The third-order valence-electron chi connectivity index (χ3n) is 3.59. The Balaban J connectivity index is 2.14. The molecule has 1 amide bonds. The molecule has 2 unspecified atom stereocenters. The first-order valence-electron chi connectivity index (χ1n) is 6.54. The van der Waals surface area contributed by atoms with E-state index in [2.05, 4.69) is 10.3 Å². The molecule has 2 rings (SSSR count). The molecule has 5 nitrogen and oxygen atoms in total. The zero-order valence-electron chi connectivity index (χ0n) is 11.2. The molecule has 0 aliphatic carbocycles. The highest BCUT2D eigenvalue weighted by Gasteiger charge is 2.33. The number of likely N-dealkylation sites (tertiary alicyclic amines) is 1. The van der Waals surface area contributed by atoms with Crippen LogP contribution in [0.15, 0.2) is 30.3 Å². The van der Waals surface area contributed by atoms with Gasteiger partial charge in [0.05, 0.1) is 6.61 Å². The van der Waals surface area contributed by atoms with Crippen LogP contribution in [0.1, 0.15) is 18.0 Å². The van der Waals surface area contributed by atoms with E-state index in [1.807, 2.05) is 30.3 Å². The molecule has 1 aliphatic rings. The lowest BCUT2D eigenvalue weighted by molar-refractivity contribution is -0.126. The fraction of sp³-hybridized carbons (Fsp3) is 0.500. The molecule has 0 spiro atoms. The fourth-order valence-corrected chi connectivity index (χ4v) is 2.71. The zero-order valence-corrected chi connectivity index (χ0v) is 11.2. The molecule has 1 aromatic carbocycles. The number of nitrogens with two attached hydrogens (primary N) is 1. The van der Waals surface area contributed by atoms with E-state index < -0.39 is 0 Å². The van der Waals surface area contributed by atoms with Crippen molar-refractivity contribution < 1.29 is 9.53 Å². The van der Waals surface area contributed by atoms with Gasteiger partial charge in [0.25, 0.3) is 5.91 Å². The summed E-state index contributed by atoms with van der Waals surface area (Å²) in [7, 11) is 1.71. The summed E-state index contributed by atoms with van der Waals surface area (Å²) < 4.78 is 5.19. The number of methoxy groups -OCH3 is 1. The first-order valence-corrected chi connectivity index (χ1v) is 6.54. The van der Waals surface area contributed by atoms with Crippen molar-refractivity contribution in [2.24, 2.45) is 11.8 Å². The molecule has 0 radical (unpaired) electrons. The number of rotatable bonds is 5. The number of hydrogen-bond acceptors (Lipinski definition) is 4. The predicted octanol–water partition coefficient (Wildman–Crippen LogP) is 0.686. The predicted molar refractivity (Wildman–Crippen MR) is 73.1 cm³/mol. The van der Waals surface area contributed by atoms with E-state index >= 15 is 0 Å². The molecule has 1 fully saturated rings. The van der Waals surface area contributed by atoms with E-state index in [1.54, 1.807) is 7.11 Å². The Bertz CT molecular complexity index is 410. The van der Waals surface area contributed by atoms with Crippen LogP contribution in [-0.2, 0) is 9.53 Å². The van der Waals surface area contributed by atoms with Gasteiger partial charge >= 0.3 is 0 Å². The Kier molecular flexibility index (Phi) is 4.90. The van der Waals surface area contributed by atoms with Crippen molar-refractivity contribution in [2.45, 2.75) is 12.5 Å². The van der Waals surface area contributed by atoms with Crippen LogP contribution < -0.4 is 11.3 Å². The van der Waals surface area contributed by atoms with Gasteiger partial charge in [-0.05, 0) is 24.4 Å². The molecule has 1 aliphatic heterocycles. The highest BCUT2D eigenvalue weighted by atomic mass is 16.5. The maximum Gasteiger partial charge on any atom is 0.255 e. The lowest BCUT2D eigenvalue weighted by Crippen LogP contribution is -2.42. The third-order valence-corrected chi connectivity index (χ3v) is 3.59. The van der Waals surface area contributed by atoms with Gasteiger partial charge in [-0.3, -0.25) is 15.1 Å². The number of hydrogen-bond donors (Lipinski definition) is 2. The Morgan fingerprint density at radius 3 is 2.89 bits per heavy atom. The highest BCUT2D eigenvalue weighted by Crippen LogP contribution is 2.27. The van der Waals surface area contributed by atoms with Crippen molar-refractivity contribution in [1.82, 2.24) is 10.3 Å². The Labute approximate surface area is 113 Å². The van der Waals surface area contributed by atoms with Gasteiger partial charge < -0.3 is 4.74 Å². The summed E-state index contributed by atoms with van der Waals surface area (Å²) >= 11 is 0. The van der Waals surface area contributed by atoms with Gasteiger partial charge in [0.1, 0.15) is 6.04 Å². The minimum atomic E-state index is -0.312. The van der Waals surface area contributed by atoms with E-state index in [4.69, 9.17) is 10.6 Å². The molecule has 0 saturated carbocycles. The van der Waals surface area contributed by atoms with E-state index in [9.17, 15) is 4.79 Å². The summed E-state index contributed by atoms with van der Waals surface area (Å²) in [6.45, 7) is 2.49. The second-order valence-electron chi connectivity index (χ2n) is 4.93. The summed E-state index contributed by atoms with van der Waals surface area (Å²) in [5.74, 6) is 5.65. The summed E-state index contributed by atoms with van der Waals surface area (Å²) in [4.78, 5) is 14.2. The number of benzene rings is 1. The molecule has 104 valence electrons. The van der Waals surface area contributed by atoms with Crippen molar-refractivity contribution in [1.29, 1.82) is 0 Å². The Hall–Kier alpha value is -1.43.